The Hall–Kier alpha value is -1.36. The van der Waals surface area contributed by atoms with E-state index in [0.29, 0.717) is 5.75 Å². The number of nitrogens with two attached hydrogens (primary N) is 1. The first-order chi connectivity index (χ1) is 9.90. The van der Waals surface area contributed by atoms with Crippen molar-refractivity contribution in [2.45, 2.75) is 25.5 Å². The second-order valence-electron chi connectivity index (χ2n) is 5.40. The highest BCUT2D eigenvalue weighted by Crippen LogP contribution is 2.29. The molecule has 2 aromatic rings. The summed E-state index contributed by atoms with van der Waals surface area (Å²) in [6.45, 7) is 3.81. The lowest BCUT2D eigenvalue weighted by atomic mass is 9.97. The fourth-order valence-electron chi connectivity index (χ4n) is 2.11. The Morgan fingerprint density at radius 2 is 1.90 bits per heavy atom. The van der Waals surface area contributed by atoms with Crippen LogP contribution in [0.4, 0.5) is 0 Å². The third-order valence-corrected chi connectivity index (χ3v) is 3.86. The molecule has 0 aromatic heterocycles. The van der Waals surface area contributed by atoms with Gasteiger partial charge in [-0.25, -0.2) is 0 Å². The van der Waals surface area contributed by atoms with Gasteiger partial charge in [-0.05, 0) is 31.5 Å². The van der Waals surface area contributed by atoms with E-state index in [1.807, 2.05) is 55.5 Å². The van der Waals surface area contributed by atoms with Crippen LogP contribution < -0.4 is 10.5 Å². The Labute approximate surface area is 133 Å². The molecule has 2 aromatic carbocycles. The fourth-order valence-corrected chi connectivity index (χ4v) is 2.45. The Kier molecular flexibility index (Phi) is 5.04. The lowest BCUT2D eigenvalue weighted by Gasteiger charge is -2.25. The predicted octanol–water partition coefficient (Wildman–Crippen LogP) is 3.76. The molecular weight excluding hydrogens is 330 g/mol. The smallest absolute Gasteiger partial charge is 0.125 e. The van der Waals surface area contributed by atoms with Crippen molar-refractivity contribution in [1.29, 1.82) is 0 Å². The van der Waals surface area contributed by atoms with Gasteiger partial charge in [-0.2, -0.15) is 0 Å². The highest BCUT2D eigenvalue weighted by Gasteiger charge is 2.24. The minimum absolute atomic E-state index is 0.130. The van der Waals surface area contributed by atoms with E-state index in [4.69, 9.17) is 10.5 Å². The summed E-state index contributed by atoms with van der Waals surface area (Å²) in [5.74, 6) is 0.690. The monoisotopic (exact) mass is 349 g/mol. The largest absolute Gasteiger partial charge is 0.490 e. The number of ether oxygens (including phenoxy) is 1. The first-order valence-electron chi connectivity index (χ1n) is 6.86. The molecule has 0 aliphatic carbocycles. The Bertz CT molecular complexity index is 597. The third-order valence-electron chi connectivity index (χ3n) is 3.37. The van der Waals surface area contributed by atoms with Crippen LogP contribution in [0, 0.1) is 0 Å². The Morgan fingerprint density at radius 3 is 2.52 bits per heavy atom. The average Bonchev–Trinajstić information content (AvgIpc) is 2.46. The van der Waals surface area contributed by atoms with E-state index in [1.165, 1.54) is 0 Å². The fraction of sp³-hybridized carbons (Fsp3) is 0.294. The summed E-state index contributed by atoms with van der Waals surface area (Å²) in [5.41, 5.74) is 6.64. The summed E-state index contributed by atoms with van der Waals surface area (Å²) in [7, 11) is 0. The maximum Gasteiger partial charge on any atom is 0.125 e. The lowest BCUT2D eigenvalue weighted by molar-refractivity contribution is 0.00720. The average molecular weight is 350 g/mol. The third kappa shape index (κ3) is 4.06. The van der Waals surface area contributed by atoms with Crippen molar-refractivity contribution >= 4 is 15.9 Å². The van der Waals surface area contributed by atoms with E-state index >= 15 is 0 Å². The highest BCUT2D eigenvalue weighted by atomic mass is 79.9. The summed E-state index contributed by atoms with van der Waals surface area (Å²) in [6.07, 6.45) is 0. The lowest BCUT2D eigenvalue weighted by Crippen LogP contribution is -2.29. The van der Waals surface area contributed by atoms with Gasteiger partial charge in [0.25, 0.3) is 0 Å². The first-order valence-corrected chi connectivity index (χ1v) is 7.65. The van der Waals surface area contributed by atoms with Crippen molar-refractivity contribution in [2.24, 2.45) is 5.73 Å². The molecule has 0 spiro atoms. The van der Waals surface area contributed by atoms with Crippen molar-refractivity contribution in [3.8, 4) is 5.75 Å². The number of benzene rings is 2. The van der Waals surface area contributed by atoms with Gasteiger partial charge in [0, 0.05) is 16.1 Å². The highest BCUT2D eigenvalue weighted by molar-refractivity contribution is 9.10. The number of halogens is 1. The second-order valence-corrected chi connectivity index (χ2v) is 6.32. The van der Waals surface area contributed by atoms with Crippen LogP contribution in [-0.2, 0) is 5.60 Å². The molecule has 3 nitrogen and oxygen atoms in total. The van der Waals surface area contributed by atoms with Gasteiger partial charge in [-0.1, -0.05) is 52.3 Å². The molecule has 0 aliphatic heterocycles. The van der Waals surface area contributed by atoms with E-state index in [1.54, 1.807) is 6.92 Å². The Morgan fingerprint density at radius 1 is 1.24 bits per heavy atom. The molecule has 1 unspecified atom stereocenters. The van der Waals surface area contributed by atoms with Crippen LogP contribution >= 0.6 is 15.9 Å². The maximum atomic E-state index is 10.6. The topological polar surface area (TPSA) is 55.5 Å². The number of aliphatic hydroxyl groups is 1. The molecule has 112 valence electrons. The zero-order chi connectivity index (χ0) is 15.5. The van der Waals surface area contributed by atoms with Crippen LogP contribution in [0.15, 0.2) is 53.0 Å². The molecule has 0 aliphatic rings. The van der Waals surface area contributed by atoms with Gasteiger partial charge in [0.05, 0.1) is 0 Å². The normalized spacial score (nSPS) is 15.3. The van der Waals surface area contributed by atoms with Gasteiger partial charge in [-0.3, -0.25) is 0 Å². The molecule has 0 saturated carbocycles. The van der Waals surface area contributed by atoms with E-state index < -0.39 is 5.60 Å². The molecular formula is C17H20BrNO2. The minimum atomic E-state index is -1.06. The van der Waals surface area contributed by atoms with Crippen LogP contribution in [0.25, 0.3) is 0 Å². The molecule has 3 N–H and O–H groups in total. The number of hydrogen-bond donors (Lipinski definition) is 2. The van der Waals surface area contributed by atoms with E-state index in [-0.39, 0.29) is 12.6 Å². The summed E-state index contributed by atoms with van der Waals surface area (Å²) < 4.78 is 6.76. The summed E-state index contributed by atoms with van der Waals surface area (Å²) in [4.78, 5) is 0. The molecule has 0 saturated heterocycles. The van der Waals surface area contributed by atoms with Gasteiger partial charge >= 0.3 is 0 Å². The van der Waals surface area contributed by atoms with Crippen molar-refractivity contribution in [2.75, 3.05) is 6.61 Å². The molecule has 0 bridgehead atoms. The summed E-state index contributed by atoms with van der Waals surface area (Å²) in [6, 6.07) is 15.1. The SMILES string of the molecule is C[C@@H](N)c1ccc(Br)cc1OCC(C)(O)c1ccccc1. The van der Waals surface area contributed by atoms with Crippen molar-refractivity contribution in [3.05, 3.63) is 64.1 Å². The Balaban J connectivity index is 2.18. The summed E-state index contributed by atoms with van der Waals surface area (Å²) >= 11 is 3.43. The zero-order valence-corrected chi connectivity index (χ0v) is 13.8. The van der Waals surface area contributed by atoms with Gasteiger partial charge in [0.15, 0.2) is 0 Å². The molecule has 0 fully saturated rings. The molecule has 2 rings (SSSR count). The van der Waals surface area contributed by atoms with Crippen LogP contribution in [0.2, 0.25) is 0 Å². The van der Waals surface area contributed by atoms with E-state index in [2.05, 4.69) is 15.9 Å². The molecule has 2 atom stereocenters. The number of rotatable bonds is 5. The predicted molar refractivity (Wildman–Crippen MR) is 88.3 cm³/mol. The zero-order valence-electron chi connectivity index (χ0n) is 12.2. The number of hydrogen-bond acceptors (Lipinski definition) is 3. The van der Waals surface area contributed by atoms with E-state index in [9.17, 15) is 5.11 Å². The van der Waals surface area contributed by atoms with Crippen LogP contribution in [-0.4, -0.2) is 11.7 Å². The molecule has 0 amide bonds. The van der Waals surface area contributed by atoms with Gasteiger partial charge < -0.3 is 15.6 Å². The minimum Gasteiger partial charge on any atom is -0.490 e. The van der Waals surface area contributed by atoms with Crippen molar-refractivity contribution < 1.29 is 9.84 Å². The van der Waals surface area contributed by atoms with Crippen LogP contribution in [0.3, 0.4) is 0 Å². The van der Waals surface area contributed by atoms with Gasteiger partial charge in [-0.15, -0.1) is 0 Å². The molecule has 0 heterocycles. The molecule has 4 heteroatoms. The van der Waals surface area contributed by atoms with Crippen molar-refractivity contribution in [1.82, 2.24) is 0 Å². The van der Waals surface area contributed by atoms with Gasteiger partial charge in [0.1, 0.15) is 18.0 Å². The molecule has 21 heavy (non-hydrogen) atoms. The van der Waals surface area contributed by atoms with E-state index in [0.717, 1.165) is 15.6 Å². The van der Waals surface area contributed by atoms with Crippen molar-refractivity contribution in [3.63, 3.8) is 0 Å². The maximum absolute atomic E-state index is 10.6. The first kappa shape index (κ1) is 16.0. The summed E-state index contributed by atoms with van der Waals surface area (Å²) in [5, 5.41) is 10.6. The van der Waals surface area contributed by atoms with Crippen LogP contribution in [0.5, 0.6) is 5.75 Å². The second kappa shape index (κ2) is 6.60. The standard InChI is InChI=1S/C17H20BrNO2/c1-12(19)15-9-8-14(18)10-16(15)21-11-17(2,20)13-6-4-3-5-7-13/h3-10,12,20H,11,19H2,1-2H3/t12-,17?/m1/s1. The van der Waals surface area contributed by atoms with Gasteiger partial charge in [0.2, 0.25) is 0 Å². The molecule has 0 radical (unpaired) electrons. The van der Waals surface area contributed by atoms with Crippen LogP contribution in [0.1, 0.15) is 31.0 Å². The quantitative estimate of drug-likeness (QED) is 0.863.